The summed E-state index contributed by atoms with van der Waals surface area (Å²) in [5.74, 6) is -2.64. The lowest BCUT2D eigenvalue weighted by Gasteiger charge is -2.27. The first kappa shape index (κ1) is 25.7. The number of rotatable bonds is 9. The van der Waals surface area contributed by atoms with Crippen LogP contribution in [0.25, 0.3) is 0 Å². The predicted octanol–water partition coefficient (Wildman–Crippen LogP) is 0.520. The molecule has 1 unspecified atom stereocenters. The number of carbonyl (C=O) groups is 3. The van der Waals surface area contributed by atoms with Gasteiger partial charge >= 0.3 is 11.9 Å². The maximum absolute atomic E-state index is 12.3. The molecule has 2 atom stereocenters. The number of carboxylic acids is 2. The average Bonchev–Trinajstić information content (AvgIpc) is 2.81. The van der Waals surface area contributed by atoms with Crippen molar-refractivity contribution in [3.63, 3.8) is 0 Å². The molecule has 34 heavy (non-hydrogen) atoms. The average molecular weight is 473 g/mol. The fourth-order valence-electron chi connectivity index (χ4n) is 3.10. The smallest absolute Gasteiger partial charge is 0.326 e. The van der Waals surface area contributed by atoms with Crippen molar-refractivity contribution < 1.29 is 24.6 Å². The van der Waals surface area contributed by atoms with Crippen molar-refractivity contribution in [1.82, 2.24) is 15.3 Å². The van der Waals surface area contributed by atoms with Gasteiger partial charge in [-0.1, -0.05) is 0 Å². The highest BCUT2D eigenvalue weighted by Gasteiger charge is 2.23. The summed E-state index contributed by atoms with van der Waals surface area (Å²) in [6, 6.07) is 4.93. The van der Waals surface area contributed by atoms with Crippen LogP contribution in [-0.4, -0.2) is 63.2 Å². The number of nitrogens with two attached hydrogens (primary N) is 1. The zero-order chi connectivity index (χ0) is 25.3. The van der Waals surface area contributed by atoms with Gasteiger partial charge in [-0.05, 0) is 30.7 Å². The second kappa shape index (κ2) is 11.9. The van der Waals surface area contributed by atoms with Crippen molar-refractivity contribution in [1.29, 1.82) is 0 Å². The van der Waals surface area contributed by atoms with Gasteiger partial charge in [0.05, 0.1) is 6.04 Å². The first-order valence-corrected chi connectivity index (χ1v) is 10.2. The second-order valence-electron chi connectivity index (χ2n) is 7.15. The van der Waals surface area contributed by atoms with E-state index in [0.29, 0.717) is 30.3 Å². The number of fused-ring (bicyclic) bond motifs is 1. The Hall–Kier alpha value is -4.55. The summed E-state index contributed by atoms with van der Waals surface area (Å²) in [6.45, 7) is 6.96. The van der Waals surface area contributed by atoms with Crippen LogP contribution in [-0.2, 0) is 9.59 Å². The molecule has 182 valence electrons. The summed E-state index contributed by atoms with van der Waals surface area (Å²) in [5, 5.41) is 29.5. The molecule has 1 aliphatic heterocycles. The van der Waals surface area contributed by atoms with Crippen molar-refractivity contribution in [3.8, 4) is 0 Å². The number of carboxylic acid groups (broad SMARTS) is 2. The second-order valence-corrected chi connectivity index (χ2v) is 7.15. The van der Waals surface area contributed by atoms with Gasteiger partial charge < -0.3 is 37.2 Å². The monoisotopic (exact) mass is 473 g/mol. The Bertz CT molecular complexity index is 1090. The third kappa shape index (κ3) is 6.98. The third-order valence-electron chi connectivity index (χ3n) is 4.75. The molecule has 1 aromatic carbocycles. The number of amides is 1. The normalized spacial score (nSPS) is 14.6. The lowest BCUT2D eigenvalue weighted by atomic mass is 10.1. The van der Waals surface area contributed by atoms with Crippen molar-refractivity contribution in [2.75, 3.05) is 34.8 Å². The van der Waals surface area contributed by atoms with Crippen LogP contribution in [0.3, 0.4) is 0 Å². The molecule has 9 N–H and O–H groups in total. The molecule has 1 aliphatic rings. The number of aliphatic carboxylic acids is 2. The molecule has 0 bridgehead atoms. The Morgan fingerprint density at radius 2 is 1.88 bits per heavy atom. The number of hydrogen-bond acceptors (Lipinski definition) is 9. The van der Waals surface area contributed by atoms with Crippen LogP contribution < -0.4 is 32.6 Å². The lowest BCUT2D eigenvalue weighted by molar-refractivity contribution is -0.140. The fourth-order valence-corrected chi connectivity index (χ4v) is 3.10. The highest BCUT2D eigenvalue weighted by Crippen LogP contribution is 2.20. The minimum Gasteiger partial charge on any atom is -0.481 e. The molecule has 13 heteroatoms. The van der Waals surface area contributed by atoms with Crippen LogP contribution in [0.1, 0.15) is 23.2 Å². The molecule has 3 rings (SSSR count). The quantitative estimate of drug-likeness (QED) is 0.235. The van der Waals surface area contributed by atoms with E-state index in [1.54, 1.807) is 12.1 Å². The molecule has 0 spiro atoms. The van der Waals surface area contributed by atoms with E-state index in [1.807, 2.05) is 0 Å². The maximum Gasteiger partial charge on any atom is 0.326 e. The number of nitrogens with one attached hydrogen (secondary N) is 5. The van der Waals surface area contributed by atoms with Crippen LogP contribution in [0.4, 0.5) is 23.1 Å². The number of H-pyrrole nitrogens is 1. The SMILES string of the molecule is C=C.Nc1nc2c(c(=O)[nH]1)NC(CNc1ccc(C(=O)N[C@@H](CCC(=O)O)C(=O)O)cc1)CN2. The summed E-state index contributed by atoms with van der Waals surface area (Å²) in [6.07, 6.45) is -0.587. The van der Waals surface area contributed by atoms with Gasteiger partial charge in [-0.2, -0.15) is 4.98 Å². The van der Waals surface area contributed by atoms with Gasteiger partial charge in [0.1, 0.15) is 11.7 Å². The zero-order valence-corrected chi connectivity index (χ0v) is 18.3. The Labute approximate surface area is 194 Å². The van der Waals surface area contributed by atoms with Crippen LogP contribution in [0.5, 0.6) is 0 Å². The summed E-state index contributed by atoms with van der Waals surface area (Å²) >= 11 is 0. The highest BCUT2D eigenvalue weighted by molar-refractivity contribution is 5.96. The number of anilines is 4. The van der Waals surface area contributed by atoms with Crippen LogP contribution in [0.2, 0.25) is 0 Å². The summed E-state index contributed by atoms with van der Waals surface area (Å²) < 4.78 is 0. The van der Waals surface area contributed by atoms with Gasteiger partial charge in [0.15, 0.2) is 5.82 Å². The van der Waals surface area contributed by atoms with Crippen molar-refractivity contribution in [3.05, 3.63) is 53.3 Å². The number of hydrogen-bond donors (Lipinski definition) is 8. The van der Waals surface area contributed by atoms with Gasteiger partial charge in [0, 0.05) is 30.8 Å². The molecule has 1 aromatic heterocycles. The van der Waals surface area contributed by atoms with Crippen LogP contribution in [0.15, 0.2) is 42.2 Å². The fraction of sp³-hybridized carbons (Fsp3) is 0.286. The summed E-state index contributed by atoms with van der Waals surface area (Å²) in [7, 11) is 0. The van der Waals surface area contributed by atoms with Gasteiger partial charge in [0.2, 0.25) is 5.95 Å². The van der Waals surface area contributed by atoms with Gasteiger partial charge in [-0.3, -0.25) is 19.4 Å². The van der Waals surface area contributed by atoms with Crippen molar-refractivity contribution in [2.45, 2.75) is 24.9 Å². The molecule has 2 heterocycles. The molecule has 0 saturated heterocycles. The van der Waals surface area contributed by atoms with Gasteiger partial charge in [-0.25, -0.2) is 4.79 Å². The minimum atomic E-state index is -1.30. The topological polar surface area (TPSA) is 212 Å². The number of benzene rings is 1. The highest BCUT2D eigenvalue weighted by atomic mass is 16.4. The van der Waals surface area contributed by atoms with Crippen molar-refractivity contribution >= 4 is 41.0 Å². The molecular weight excluding hydrogens is 446 g/mol. The molecule has 0 fully saturated rings. The van der Waals surface area contributed by atoms with Crippen LogP contribution >= 0.6 is 0 Å². The number of aromatic amines is 1. The third-order valence-corrected chi connectivity index (χ3v) is 4.75. The molecule has 0 radical (unpaired) electrons. The predicted molar refractivity (Wildman–Crippen MR) is 127 cm³/mol. The lowest BCUT2D eigenvalue weighted by Crippen LogP contribution is -2.41. The Kier molecular flexibility index (Phi) is 9.00. The molecule has 0 aliphatic carbocycles. The number of nitrogen functional groups attached to an aromatic ring is 1. The molecular formula is C21H27N7O6. The van der Waals surface area contributed by atoms with Crippen LogP contribution in [0, 0.1) is 0 Å². The van der Waals surface area contributed by atoms with E-state index in [-0.39, 0.29) is 36.0 Å². The maximum atomic E-state index is 12.3. The minimum absolute atomic E-state index is 0.0281. The van der Waals surface area contributed by atoms with E-state index < -0.39 is 23.9 Å². The van der Waals surface area contributed by atoms with E-state index in [4.69, 9.17) is 15.9 Å². The zero-order valence-electron chi connectivity index (χ0n) is 18.3. The van der Waals surface area contributed by atoms with E-state index in [9.17, 15) is 19.2 Å². The number of nitrogens with zero attached hydrogens (tertiary/aromatic N) is 1. The molecule has 1 amide bonds. The Balaban J connectivity index is 0.00000199. The van der Waals surface area contributed by atoms with E-state index in [0.717, 1.165) is 0 Å². The summed E-state index contributed by atoms with van der Waals surface area (Å²) in [5.41, 5.74) is 6.40. The summed E-state index contributed by atoms with van der Waals surface area (Å²) in [4.78, 5) is 52.6. The van der Waals surface area contributed by atoms with Crippen molar-refractivity contribution in [2.24, 2.45) is 0 Å². The molecule has 2 aromatic rings. The van der Waals surface area contributed by atoms with Gasteiger partial charge in [-0.15, -0.1) is 13.2 Å². The molecule has 0 saturated carbocycles. The standard InChI is InChI=1S/C19H23N7O6.C2H4/c20-19-25-15-14(17(30)26-19)23-11(8-22-15)7-21-10-3-1-9(2-4-10)16(29)24-12(18(31)32)5-6-13(27)28;1-2/h1-4,11-12,21,23H,5-8H2,(H,24,29)(H,27,28)(H,31,32)(H4,20,22,25,26,30);1-2H2/t11?,12-;/m0./s1. The first-order valence-electron chi connectivity index (χ1n) is 10.2. The number of carbonyl (C=O) groups excluding carboxylic acids is 1. The Morgan fingerprint density at radius 1 is 1.21 bits per heavy atom. The number of aromatic nitrogens is 2. The van der Waals surface area contributed by atoms with Gasteiger partial charge in [0.25, 0.3) is 11.5 Å². The van der Waals surface area contributed by atoms with E-state index >= 15 is 0 Å². The van der Waals surface area contributed by atoms with E-state index in [2.05, 4.69) is 44.4 Å². The van der Waals surface area contributed by atoms with E-state index in [1.165, 1.54) is 12.1 Å². The molecule has 13 nitrogen and oxygen atoms in total. The largest absolute Gasteiger partial charge is 0.481 e. The Morgan fingerprint density at radius 3 is 2.50 bits per heavy atom. The first-order chi connectivity index (χ1) is 16.2.